The number of hydrogen-bond donors (Lipinski definition) is 1. The molecule has 11 heteroatoms. The van der Waals surface area contributed by atoms with Crippen molar-refractivity contribution in [1.29, 1.82) is 0 Å². The predicted molar refractivity (Wildman–Crippen MR) is 79.2 cm³/mol. The molecule has 0 aliphatic heterocycles. The molecule has 1 N–H and O–H groups in total. The maximum absolute atomic E-state index is 12.5. The van der Waals surface area contributed by atoms with Gasteiger partial charge in [-0.25, -0.2) is 4.68 Å². The van der Waals surface area contributed by atoms with E-state index in [9.17, 15) is 8.78 Å². The summed E-state index contributed by atoms with van der Waals surface area (Å²) in [4.78, 5) is 4.25. The first kappa shape index (κ1) is 15.1. The van der Waals surface area contributed by atoms with Gasteiger partial charge in [0.15, 0.2) is 0 Å². The average molecular weight is 344 g/mol. The maximum Gasteiger partial charge on any atom is 0.314 e. The highest BCUT2D eigenvalue weighted by molar-refractivity contribution is 5.54. The van der Waals surface area contributed by atoms with Gasteiger partial charge in [0.2, 0.25) is 5.89 Å². The Hall–Kier alpha value is -3.50. The van der Waals surface area contributed by atoms with Crippen LogP contribution in [0.5, 0.6) is 0 Å². The molecule has 0 spiro atoms. The molecule has 0 saturated heterocycles. The minimum absolute atomic E-state index is 0.00245. The molecule has 0 amide bonds. The van der Waals surface area contributed by atoms with Gasteiger partial charge in [-0.15, -0.1) is 15.3 Å². The molecular formula is C14H10F2N8O. The number of rotatable bonds is 5. The topological polar surface area (TPSA) is 111 Å². The summed E-state index contributed by atoms with van der Waals surface area (Å²) in [5.74, 6) is -0.717. The Morgan fingerprint density at radius 3 is 2.72 bits per heavy atom. The van der Waals surface area contributed by atoms with Gasteiger partial charge in [0, 0.05) is 18.0 Å². The standard InChI is InChI=1S/C14H10F2N8O/c15-12(16)14-22-21-13(25-14)8-1-2-10(17-3-8)6-24-7-11(20-23-24)9-4-18-19-5-9/h1-5,7,12H,6H2,(H,18,19). The molecule has 0 saturated carbocycles. The molecule has 4 aromatic rings. The van der Waals surface area contributed by atoms with Crippen molar-refractivity contribution in [1.82, 2.24) is 40.4 Å². The molecule has 25 heavy (non-hydrogen) atoms. The molecule has 4 aromatic heterocycles. The number of aromatic nitrogens is 8. The predicted octanol–water partition coefficient (Wildman–Crippen LogP) is 2.10. The molecule has 0 radical (unpaired) electrons. The van der Waals surface area contributed by atoms with E-state index in [1.54, 1.807) is 35.4 Å². The molecule has 0 atom stereocenters. The number of alkyl halides is 2. The first-order chi connectivity index (χ1) is 12.2. The normalized spacial score (nSPS) is 11.3. The lowest BCUT2D eigenvalue weighted by molar-refractivity contribution is 0.116. The smallest absolute Gasteiger partial charge is 0.314 e. The number of aromatic amines is 1. The first-order valence-electron chi connectivity index (χ1n) is 7.15. The minimum atomic E-state index is -2.80. The maximum atomic E-state index is 12.5. The molecule has 0 aromatic carbocycles. The van der Waals surface area contributed by atoms with Gasteiger partial charge >= 0.3 is 6.43 Å². The highest BCUT2D eigenvalue weighted by atomic mass is 19.3. The van der Waals surface area contributed by atoms with E-state index in [4.69, 9.17) is 4.42 Å². The van der Waals surface area contributed by atoms with E-state index >= 15 is 0 Å². The monoisotopic (exact) mass is 344 g/mol. The Morgan fingerprint density at radius 2 is 2.04 bits per heavy atom. The van der Waals surface area contributed by atoms with Crippen molar-refractivity contribution in [3.8, 4) is 22.7 Å². The molecule has 0 aliphatic rings. The van der Waals surface area contributed by atoms with Gasteiger partial charge < -0.3 is 4.42 Å². The molecule has 0 aliphatic carbocycles. The van der Waals surface area contributed by atoms with Crippen LogP contribution in [0.2, 0.25) is 0 Å². The van der Waals surface area contributed by atoms with Crippen molar-refractivity contribution < 1.29 is 13.2 Å². The Bertz CT molecular complexity index is 961. The van der Waals surface area contributed by atoms with Gasteiger partial charge in [-0.1, -0.05) is 5.21 Å². The second-order valence-corrected chi connectivity index (χ2v) is 5.07. The summed E-state index contributed by atoms with van der Waals surface area (Å²) in [6, 6.07) is 3.39. The number of pyridine rings is 1. The zero-order valence-electron chi connectivity index (χ0n) is 12.5. The third-order valence-electron chi connectivity index (χ3n) is 3.36. The van der Waals surface area contributed by atoms with Crippen molar-refractivity contribution >= 4 is 0 Å². The van der Waals surface area contributed by atoms with E-state index < -0.39 is 12.3 Å². The lowest BCUT2D eigenvalue weighted by Crippen LogP contribution is -2.02. The van der Waals surface area contributed by atoms with Crippen LogP contribution in [-0.2, 0) is 6.54 Å². The van der Waals surface area contributed by atoms with Gasteiger partial charge in [0.25, 0.3) is 5.89 Å². The lowest BCUT2D eigenvalue weighted by atomic mass is 10.2. The average Bonchev–Trinajstić information content (AvgIpc) is 3.36. The van der Waals surface area contributed by atoms with E-state index in [1.165, 1.54) is 6.20 Å². The molecule has 0 unspecified atom stereocenters. The largest absolute Gasteiger partial charge is 0.415 e. The SMILES string of the molecule is FC(F)c1nnc(-c2ccc(Cn3cc(-c4cn[nH]c4)nn3)nc2)o1. The molecule has 0 fully saturated rings. The van der Waals surface area contributed by atoms with Crippen LogP contribution in [0.25, 0.3) is 22.7 Å². The highest BCUT2D eigenvalue weighted by Crippen LogP contribution is 2.22. The van der Waals surface area contributed by atoms with Crippen LogP contribution in [-0.4, -0.2) is 40.4 Å². The molecule has 126 valence electrons. The highest BCUT2D eigenvalue weighted by Gasteiger charge is 2.17. The van der Waals surface area contributed by atoms with Crippen LogP contribution in [0, 0.1) is 0 Å². The second kappa shape index (κ2) is 6.19. The van der Waals surface area contributed by atoms with Gasteiger partial charge in [-0.3, -0.25) is 10.1 Å². The van der Waals surface area contributed by atoms with Gasteiger partial charge in [-0.2, -0.15) is 13.9 Å². The summed E-state index contributed by atoms with van der Waals surface area (Å²) >= 11 is 0. The van der Waals surface area contributed by atoms with E-state index in [-0.39, 0.29) is 5.89 Å². The van der Waals surface area contributed by atoms with Crippen LogP contribution in [0.15, 0.2) is 41.3 Å². The van der Waals surface area contributed by atoms with E-state index in [2.05, 4.69) is 35.7 Å². The zero-order valence-corrected chi connectivity index (χ0v) is 12.5. The molecule has 9 nitrogen and oxygen atoms in total. The van der Waals surface area contributed by atoms with Crippen LogP contribution in [0.3, 0.4) is 0 Å². The van der Waals surface area contributed by atoms with E-state index in [0.29, 0.717) is 23.5 Å². The first-order valence-corrected chi connectivity index (χ1v) is 7.15. The van der Waals surface area contributed by atoms with Crippen molar-refractivity contribution in [3.05, 3.63) is 48.5 Å². The quantitative estimate of drug-likeness (QED) is 0.590. The zero-order chi connectivity index (χ0) is 17.2. The molecular weight excluding hydrogens is 334 g/mol. The van der Waals surface area contributed by atoms with Gasteiger partial charge in [-0.05, 0) is 12.1 Å². The van der Waals surface area contributed by atoms with E-state index in [0.717, 1.165) is 5.56 Å². The number of halogens is 2. The fraction of sp³-hybridized carbons (Fsp3) is 0.143. The summed E-state index contributed by atoms with van der Waals surface area (Å²) < 4.78 is 31.5. The minimum Gasteiger partial charge on any atom is -0.415 e. The summed E-state index contributed by atoms with van der Waals surface area (Å²) in [7, 11) is 0. The van der Waals surface area contributed by atoms with Crippen LogP contribution < -0.4 is 0 Å². The lowest BCUT2D eigenvalue weighted by Gasteiger charge is -2.01. The Labute approximate surface area is 138 Å². The van der Waals surface area contributed by atoms with Crippen molar-refractivity contribution in [2.45, 2.75) is 13.0 Å². The Kier molecular flexibility index (Phi) is 3.72. The van der Waals surface area contributed by atoms with Crippen molar-refractivity contribution in [2.24, 2.45) is 0 Å². The summed E-state index contributed by atoms with van der Waals surface area (Å²) in [5, 5.41) is 21.5. The Balaban J connectivity index is 1.48. The van der Waals surface area contributed by atoms with Crippen LogP contribution in [0.1, 0.15) is 18.0 Å². The number of nitrogens with one attached hydrogen (secondary N) is 1. The molecule has 0 bridgehead atoms. The fourth-order valence-corrected chi connectivity index (χ4v) is 2.15. The van der Waals surface area contributed by atoms with Gasteiger partial charge in [0.05, 0.1) is 30.2 Å². The second-order valence-electron chi connectivity index (χ2n) is 5.07. The number of hydrogen-bond acceptors (Lipinski definition) is 7. The Morgan fingerprint density at radius 1 is 1.12 bits per heavy atom. The van der Waals surface area contributed by atoms with Crippen molar-refractivity contribution in [2.75, 3.05) is 0 Å². The summed E-state index contributed by atoms with van der Waals surface area (Å²) in [6.45, 7) is 0.400. The van der Waals surface area contributed by atoms with Gasteiger partial charge in [0.1, 0.15) is 5.69 Å². The van der Waals surface area contributed by atoms with E-state index in [1.807, 2.05) is 0 Å². The third-order valence-corrected chi connectivity index (χ3v) is 3.36. The third kappa shape index (κ3) is 3.11. The molecule has 4 heterocycles. The van der Waals surface area contributed by atoms with Crippen molar-refractivity contribution in [3.63, 3.8) is 0 Å². The van der Waals surface area contributed by atoms with Crippen LogP contribution >= 0.6 is 0 Å². The van der Waals surface area contributed by atoms with Crippen LogP contribution in [0.4, 0.5) is 8.78 Å². The number of nitrogens with zero attached hydrogens (tertiary/aromatic N) is 7. The summed E-state index contributed by atoms with van der Waals surface area (Å²) in [6.07, 6.45) is 3.82. The fourth-order valence-electron chi connectivity index (χ4n) is 2.15. The number of H-pyrrole nitrogens is 1. The summed E-state index contributed by atoms with van der Waals surface area (Å²) in [5.41, 5.74) is 2.69. The molecule has 4 rings (SSSR count).